The maximum absolute atomic E-state index is 10.9. The molecule has 6 nitrogen and oxygen atoms in total. The Kier molecular flexibility index (Phi) is 5.84. The van der Waals surface area contributed by atoms with Crippen LogP contribution in [0.4, 0.5) is 5.82 Å². The Morgan fingerprint density at radius 1 is 1.61 bits per heavy atom. The summed E-state index contributed by atoms with van der Waals surface area (Å²) in [5, 5.41) is 20.9. The van der Waals surface area contributed by atoms with Gasteiger partial charge in [-0.1, -0.05) is 11.6 Å². The molecule has 1 aromatic rings. The number of pyridine rings is 1. The quantitative estimate of drug-likeness (QED) is 0.693. The van der Waals surface area contributed by atoms with Crippen LogP contribution in [-0.2, 0) is 4.74 Å². The normalized spacial score (nSPS) is 12.2. The van der Waals surface area contributed by atoms with Gasteiger partial charge in [0.05, 0.1) is 17.7 Å². The molecule has 7 heteroatoms. The standard InChI is InChI=1S/C11H15ClN2O4/c1-18-6-7(4-5-15)13-9-3-2-8(12)10(14-9)11(16)17/h2-3,7,15H,4-6H2,1H3,(H,13,14)(H,16,17). The van der Waals surface area contributed by atoms with Crippen molar-refractivity contribution in [1.29, 1.82) is 0 Å². The number of aromatic carboxylic acids is 1. The maximum Gasteiger partial charge on any atom is 0.356 e. The van der Waals surface area contributed by atoms with Crippen LogP contribution in [0.2, 0.25) is 5.02 Å². The number of ether oxygens (including phenoxy) is 1. The summed E-state index contributed by atoms with van der Waals surface area (Å²) in [4.78, 5) is 14.8. The van der Waals surface area contributed by atoms with Gasteiger partial charge in [-0.3, -0.25) is 0 Å². The lowest BCUT2D eigenvalue weighted by molar-refractivity contribution is 0.0691. The Hall–Kier alpha value is -1.37. The van der Waals surface area contributed by atoms with Crippen LogP contribution in [-0.4, -0.2) is 47.5 Å². The first kappa shape index (κ1) is 14.7. The average Bonchev–Trinajstić information content (AvgIpc) is 2.32. The molecule has 0 aromatic carbocycles. The molecular formula is C11H15ClN2O4. The van der Waals surface area contributed by atoms with E-state index in [2.05, 4.69) is 10.3 Å². The highest BCUT2D eigenvalue weighted by molar-refractivity contribution is 6.33. The molecule has 1 aromatic heterocycles. The van der Waals surface area contributed by atoms with E-state index in [1.165, 1.54) is 6.07 Å². The number of aromatic nitrogens is 1. The van der Waals surface area contributed by atoms with Gasteiger partial charge < -0.3 is 20.3 Å². The first-order valence-corrected chi connectivity index (χ1v) is 5.72. The number of carboxylic acids is 1. The number of nitrogens with zero attached hydrogens (tertiary/aromatic N) is 1. The SMILES string of the molecule is COCC(CCO)Nc1ccc(Cl)c(C(=O)O)n1. The molecule has 0 spiro atoms. The number of carbonyl (C=O) groups is 1. The molecule has 100 valence electrons. The fraction of sp³-hybridized carbons (Fsp3) is 0.455. The lowest BCUT2D eigenvalue weighted by atomic mass is 10.2. The molecule has 1 atom stereocenters. The highest BCUT2D eigenvalue weighted by Gasteiger charge is 2.13. The van der Waals surface area contributed by atoms with Gasteiger partial charge in [0.2, 0.25) is 0 Å². The third kappa shape index (κ3) is 4.14. The van der Waals surface area contributed by atoms with Crippen molar-refractivity contribution < 1.29 is 19.7 Å². The lowest BCUT2D eigenvalue weighted by Gasteiger charge is -2.17. The summed E-state index contributed by atoms with van der Waals surface area (Å²) in [6, 6.07) is 2.90. The van der Waals surface area contributed by atoms with Crippen LogP contribution in [0, 0.1) is 0 Å². The molecule has 1 rings (SSSR count). The van der Waals surface area contributed by atoms with Gasteiger partial charge in [-0.15, -0.1) is 0 Å². The van der Waals surface area contributed by atoms with E-state index in [-0.39, 0.29) is 23.4 Å². The highest BCUT2D eigenvalue weighted by atomic mass is 35.5. The molecule has 3 N–H and O–H groups in total. The van der Waals surface area contributed by atoms with Crippen LogP contribution in [0.15, 0.2) is 12.1 Å². The van der Waals surface area contributed by atoms with Crippen LogP contribution in [0.1, 0.15) is 16.9 Å². The Morgan fingerprint density at radius 2 is 2.33 bits per heavy atom. The smallest absolute Gasteiger partial charge is 0.356 e. The van der Waals surface area contributed by atoms with E-state index in [0.717, 1.165) is 0 Å². The topological polar surface area (TPSA) is 91.7 Å². The first-order chi connectivity index (χ1) is 8.58. The molecule has 0 bridgehead atoms. The van der Waals surface area contributed by atoms with Gasteiger partial charge in [0.25, 0.3) is 0 Å². The summed E-state index contributed by atoms with van der Waals surface area (Å²) in [6.07, 6.45) is 0.473. The minimum atomic E-state index is -1.19. The third-order valence-corrected chi connectivity index (χ3v) is 2.55. The number of anilines is 1. The van der Waals surface area contributed by atoms with Crippen LogP contribution >= 0.6 is 11.6 Å². The fourth-order valence-corrected chi connectivity index (χ4v) is 1.62. The molecule has 1 heterocycles. The van der Waals surface area contributed by atoms with E-state index >= 15 is 0 Å². The number of aliphatic hydroxyl groups is 1. The number of hydrogen-bond acceptors (Lipinski definition) is 5. The largest absolute Gasteiger partial charge is 0.476 e. The molecule has 0 aliphatic carbocycles. The van der Waals surface area contributed by atoms with E-state index in [0.29, 0.717) is 18.8 Å². The van der Waals surface area contributed by atoms with E-state index in [4.69, 9.17) is 26.6 Å². The summed E-state index contributed by atoms with van der Waals surface area (Å²) in [6.45, 7) is 0.383. The van der Waals surface area contributed by atoms with Crippen molar-refractivity contribution in [3.05, 3.63) is 22.8 Å². The second kappa shape index (κ2) is 7.15. The van der Waals surface area contributed by atoms with Crippen molar-refractivity contribution in [2.45, 2.75) is 12.5 Å². The molecule has 1 unspecified atom stereocenters. The minimum Gasteiger partial charge on any atom is -0.476 e. The Balaban J connectivity index is 2.82. The van der Waals surface area contributed by atoms with Gasteiger partial charge in [0, 0.05) is 13.7 Å². The van der Waals surface area contributed by atoms with Crippen molar-refractivity contribution in [3.63, 3.8) is 0 Å². The Morgan fingerprint density at radius 3 is 2.89 bits per heavy atom. The van der Waals surface area contributed by atoms with Gasteiger partial charge in [-0.05, 0) is 18.6 Å². The van der Waals surface area contributed by atoms with Crippen molar-refractivity contribution in [3.8, 4) is 0 Å². The van der Waals surface area contributed by atoms with E-state index in [9.17, 15) is 4.79 Å². The number of aliphatic hydroxyl groups excluding tert-OH is 1. The molecule has 18 heavy (non-hydrogen) atoms. The number of halogens is 1. The second-order valence-electron chi connectivity index (χ2n) is 3.64. The summed E-state index contributed by atoms with van der Waals surface area (Å²) in [5.74, 6) is -0.804. The maximum atomic E-state index is 10.9. The molecule has 0 aliphatic rings. The third-order valence-electron chi connectivity index (χ3n) is 2.25. The average molecular weight is 275 g/mol. The van der Waals surface area contributed by atoms with E-state index in [1.807, 2.05) is 0 Å². The summed E-state index contributed by atoms with van der Waals surface area (Å²) >= 11 is 5.71. The van der Waals surface area contributed by atoms with Crippen LogP contribution in [0.5, 0.6) is 0 Å². The zero-order valence-electron chi connectivity index (χ0n) is 9.89. The molecule has 0 radical (unpaired) electrons. The predicted octanol–water partition coefficient (Wildman–Crippen LogP) is 1.24. The summed E-state index contributed by atoms with van der Waals surface area (Å²) in [5.41, 5.74) is -0.207. The van der Waals surface area contributed by atoms with Gasteiger partial charge >= 0.3 is 5.97 Å². The Labute approximate surface area is 110 Å². The number of hydrogen-bond donors (Lipinski definition) is 3. The van der Waals surface area contributed by atoms with Crippen molar-refractivity contribution in [2.24, 2.45) is 0 Å². The first-order valence-electron chi connectivity index (χ1n) is 5.34. The van der Waals surface area contributed by atoms with Crippen molar-refractivity contribution >= 4 is 23.4 Å². The van der Waals surface area contributed by atoms with E-state index in [1.54, 1.807) is 13.2 Å². The molecule has 0 amide bonds. The predicted molar refractivity (Wildman–Crippen MR) is 67.2 cm³/mol. The minimum absolute atomic E-state index is 0.000401. The van der Waals surface area contributed by atoms with E-state index < -0.39 is 5.97 Å². The fourth-order valence-electron chi connectivity index (χ4n) is 1.44. The molecule has 0 saturated carbocycles. The zero-order valence-corrected chi connectivity index (χ0v) is 10.6. The number of methoxy groups -OCH3 is 1. The van der Waals surface area contributed by atoms with Crippen molar-refractivity contribution in [1.82, 2.24) is 4.98 Å². The zero-order chi connectivity index (χ0) is 13.5. The Bertz CT molecular complexity index is 408. The van der Waals surface area contributed by atoms with Crippen LogP contribution in [0.3, 0.4) is 0 Å². The molecular weight excluding hydrogens is 260 g/mol. The monoisotopic (exact) mass is 274 g/mol. The van der Waals surface area contributed by atoms with Crippen LogP contribution in [0.25, 0.3) is 0 Å². The van der Waals surface area contributed by atoms with Crippen molar-refractivity contribution in [2.75, 3.05) is 25.6 Å². The molecule has 0 saturated heterocycles. The van der Waals surface area contributed by atoms with Gasteiger partial charge in [-0.25, -0.2) is 9.78 Å². The number of carboxylic acid groups (broad SMARTS) is 1. The number of nitrogens with one attached hydrogen (secondary N) is 1. The number of rotatable bonds is 7. The molecule has 0 fully saturated rings. The highest BCUT2D eigenvalue weighted by Crippen LogP contribution is 2.17. The second-order valence-corrected chi connectivity index (χ2v) is 4.05. The lowest BCUT2D eigenvalue weighted by Crippen LogP contribution is -2.26. The van der Waals surface area contributed by atoms with Gasteiger partial charge in [-0.2, -0.15) is 0 Å². The molecule has 0 aliphatic heterocycles. The summed E-state index contributed by atoms with van der Waals surface area (Å²) in [7, 11) is 1.55. The van der Waals surface area contributed by atoms with Crippen LogP contribution < -0.4 is 5.32 Å². The van der Waals surface area contributed by atoms with Gasteiger partial charge in [0.1, 0.15) is 5.82 Å². The van der Waals surface area contributed by atoms with Gasteiger partial charge in [0.15, 0.2) is 5.69 Å². The summed E-state index contributed by atoms with van der Waals surface area (Å²) < 4.78 is 4.99.